The van der Waals surface area contributed by atoms with Gasteiger partial charge in [-0.05, 0) is 46.0 Å². The van der Waals surface area contributed by atoms with Crippen molar-refractivity contribution in [1.29, 1.82) is 5.41 Å². The van der Waals surface area contributed by atoms with Crippen LogP contribution in [0.15, 0.2) is 42.5 Å². The number of benzene rings is 3. The SMILES string of the molecule is CCCCCCC1=c2ccc3cccc4ccc(c2c43)C(=N)C1CC. The smallest absolute Gasteiger partial charge is 0.0464 e. The zero-order valence-corrected chi connectivity index (χ0v) is 15.4. The Kier molecular flexibility index (Phi) is 4.33. The van der Waals surface area contributed by atoms with E-state index in [0.29, 0.717) is 0 Å². The number of unbranched alkanes of at least 4 members (excludes halogenated alkanes) is 3. The van der Waals surface area contributed by atoms with Gasteiger partial charge in [0.15, 0.2) is 0 Å². The van der Waals surface area contributed by atoms with Crippen molar-refractivity contribution >= 4 is 32.8 Å². The Morgan fingerprint density at radius 1 is 0.840 bits per heavy atom. The van der Waals surface area contributed by atoms with E-state index in [1.165, 1.54) is 58.0 Å². The monoisotopic (exact) mass is 329 g/mol. The van der Waals surface area contributed by atoms with E-state index in [0.717, 1.165) is 24.1 Å². The van der Waals surface area contributed by atoms with Crippen LogP contribution in [0.4, 0.5) is 0 Å². The Balaban J connectivity index is 1.99. The first-order valence-electron chi connectivity index (χ1n) is 9.82. The van der Waals surface area contributed by atoms with Gasteiger partial charge in [-0.3, -0.25) is 0 Å². The highest BCUT2D eigenvalue weighted by atomic mass is 14.5. The lowest BCUT2D eigenvalue weighted by Crippen LogP contribution is -2.28. The van der Waals surface area contributed by atoms with Crippen molar-refractivity contribution < 1.29 is 0 Å². The van der Waals surface area contributed by atoms with E-state index < -0.39 is 0 Å². The van der Waals surface area contributed by atoms with Crippen LogP contribution < -0.4 is 5.22 Å². The highest BCUT2D eigenvalue weighted by Gasteiger charge is 2.26. The van der Waals surface area contributed by atoms with Crippen molar-refractivity contribution in [2.24, 2.45) is 5.92 Å². The summed E-state index contributed by atoms with van der Waals surface area (Å²) in [6.07, 6.45) is 7.30. The maximum Gasteiger partial charge on any atom is 0.0464 e. The van der Waals surface area contributed by atoms with Gasteiger partial charge in [0.1, 0.15) is 0 Å². The lowest BCUT2D eigenvalue weighted by molar-refractivity contribution is 0.661. The average Bonchev–Trinajstić information content (AvgIpc) is 2.65. The van der Waals surface area contributed by atoms with E-state index in [1.54, 1.807) is 0 Å². The zero-order chi connectivity index (χ0) is 17.4. The summed E-state index contributed by atoms with van der Waals surface area (Å²) in [5.74, 6) is 0.288. The minimum atomic E-state index is 0.288. The minimum Gasteiger partial charge on any atom is -0.304 e. The van der Waals surface area contributed by atoms with Crippen molar-refractivity contribution in [3.63, 3.8) is 0 Å². The molecule has 0 spiro atoms. The van der Waals surface area contributed by atoms with Crippen LogP contribution in [0.3, 0.4) is 0 Å². The molecular formula is C24H27N. The molecule has 1 aliphatic carbocycles. The second kappa shape index (κ2) is 6.63. The molecule has 0 fully saturated rings. The number of rotatable bonds is 6. The van der Waals surface area contributed by atoms with Crippen LogP contribution in [0.1, 0.15) is 57.9 Å². The van der Waals surface area contributed by atoms with Crippen molar-refractivity contribution in [2.75, 3.05) is 0 Å². The first-order chi connectivity index (χ1) is 12.3. The Morgan fingerprint density at radius 2 is 1.60 bits per heavy atom. The van der Waals surface area contributed by atoms with Crippen molar-refractivity contribution in [2.45, 2.75) is 52.4 Å². The molecule has 1 heteroatoms. The lowest BCUT2D eigenvalue weighted by atomic mass is 9.76. The largest absolute Gasteiger partial charge is 0.304 e. The maximum atomic E-state index is 8.88. The summed E-state index contributed by atoms with van der Waals surface area (Å²) in [5, 5.41) is 15.6. The van der Waals surface area contributed by atoms with Gasteiger partial charge < -0.3 is 5.41 Å². The highest BCUT2D eigenvalue weighted by molar-refractivity contribution is 6.22. The molecule has 1 atom stereocenters. The lowest BCUT2D eigenvalue weighted by Gasteiger charge is -2.27. The number of hydrogen-bond donors (Lipinski definition) is 1. The molecule has 0 heterocycles. The summed E-state index contributed by atoms with van der Waals surface area (Å²) in [6.45, 7) is 4.50. The number of hydrogen-bond acceptors (Lipinski definition) is 1. The third-order valence-electron chi connectivity index (χ3n) is 5.89. The van der Waals surface area contributed by atoms with Gasteiger partial charge in [0.25, 0.3) is 0 Å². The molecule has 0 saturated heterocycles. The molecule has 0 bridgehead atoms. The molecule has 0 aliphatic heterocycles. The predicted molar refractivity (Wildman–Crippen MR) is 109 cm³/mol. The quantitative estimate of drug-likeness (QED) is 0.518. The first-order valence-corrected chi connectivity index (χ1v) is 9.82. The van der Waals surface area contributed by atoms with Crippen LogP contribution in [0.5, 0.6) is 0 Å². The molecule has 0 radical (unpaired) electrons. The summed E-state index contributed by atoms with van der Waals surface area (Å²) in [7, 11) is 0. The zero-order valence-electron chi connectivity index (χ0n) is 15.4. The van der Waals surface area contributed by atoms with E-state index >= 15 is 0 Å². The predicted octanol–water partition coefficient (Wildman–Crippen LogP) is 6.24. The molecule has 0 aromatic heterocycles. The van der Waals surface area contributed by atoms with Gasteiger partial charge in [0, 0.05) is 17.2 Å². The molecule has 25 heavy (non-hydrogen) atoms. The summed E-state index contributed by atoms with van der Waals surface area (Å²) >= 11 is 0. The van der Waals surface area contributed by atoms with E-state index in [4.69, 9.17) is 5.41 Å². The van der Waals surface area contributed by atoms with Gasteiger partial charge in [-0.2, -0.15) is 0 Å². The second-order valence-electron chi connectivity index (χ2n) is 7.39. The summed E-state index contributed by atoms with van der Waals surface area (Å²) in [5.41, 5.74) is 3.50. The van der Waals surface area contributed by atoms with Gasteiger partial charge in [0.2, 0.25) is 0 Å². The summed E-state index contributed by atoms with van der Waals surface area (Å²) in [6, 6.07) is 15.5. The molecule has 128 valence electrons. The Hall–Kier alpha value is -2.15. The van der Waals surface area contributed by atoms with E-state index in [9.17, 15) is 0 Å². The molecule has 0 saturated carbocycles. The van der Waals surface area contributed by atoms with Gasteiger partial charge in [-0.25, -0.2) is 0 Å². The van der Waals surface area contributed by atoms with Crippen molar-refractivity contribution in [3.05, 3.63) is 53.2 Å². The van der Waals surface area contributed by atoms with Crippen LogP contribution >= 0.6 is 0 Å². The highest BCUT2D eigenvalue weighted by Crippen LogP contribution is 2.35. The Labute approximate surface area is 150 Å². The van der Waals surface area contributed by atoms with Crippen LogP contribution in [0.25, 0.3) is 27.1 Å². The Morgan fingerprint density at radius 3 is 2.32 bits per heavy atom. The average molecular weight is 329 g/mol. The van der Waals surface area contributed by atoms with Gasteiger partial charge in [-0.1, -0.05) is 81.1 Å². The van der Waals surface area contributed by atoms with Crippen molar-refractivity contribution in [3.8, 4) is 0 Å². The Bertz CT molecular complexity index is 980. The molecule has 3 aromatic rings. The standard InChI is InChI=1S/C24H27N/c1-3-5-6-7-11-19-18(4-2)24(25)21-15-13-17-10-8-9-16-12-14-20(19)23(21)22(16)17/h8-10,12-15,18,25H,3-7,11H2,1-2H3. The van der Waals surface area contributed by atoms with Crippen LogP contribution in [-0.4, -0.2) is 5.71 Å². The molecule has 1 N–H and O–H groups in total. The fourth-order valence-electron chi connectivity index (χ4n) is 4.63. The fraction of sp³-hybridized carbons (Fsp3) is 0.375. The van der Waals surface area contributed by atoms with Crippen LogP contribution in [0.2, 0.25) is 0 Å². The van der Waals surface area contributed by atoms with Crippen LogP contribution in [0, 0.1) is 11.3 Å². The van der Waals surface area contributed by atoms with E-state index in [1.807, 2.05) is 0 Å². The molecule has 1 nitrogen and oxygen atoms in total. The normalized spacial score (nSPS) is 17.0. The summed E-state index contributed by atoms with van der Waals surface area (Å²) in [4.78, 5) is 0. The molecule has 4 rings (SSSR count). The fourth-order valence-corrected chi connectivity index (χ4v) is 4.63. The first kappa shape index (κ1) is 16.3. The van der Waals surface area contributed by atoms with E-state index in [-0.39, 0.29) is 5.92 Å². The van der Waals surface area contributed by atoms with Gasteiger partial charge in [0.05, 0.1) is 0 Å². The minimum absolute atomic E-state index is 0.288. The number of nitrogens with one attached hydrogen (secondary N) is 1. The van der Waals surface area contributed by atoms with Crippen LogP contribution in [-0.2, 0) is 0 Å². The third kappa shape index (κ3) is 2.57. The van der Waals surface area contributed by atoms with Crippen molar-refractivity contribution in [1.82, 2.24) is 0 Å². The topological polar surface area (TPSA) is 23.9 Å². The third-order valence-corrected chi connectivity index (χ3v) is 5.89. The van der Waals surface area contributed by atoms with Gasteiger partial charge in [-0.15, -0.1) is 0 Å². The molecule has 1 unspecified atom stereocenters. The second-order valence-corrected chi connectivity index (χ2v) is 7.39. The summed E-state index contributed by atoms with van der Waals surface area (Å²) < 4.78 is 0. The maximum absolute atomic E-state index is 8.88. The molecule has 0 amide bonds. The molecule has 3 aromatic carbocycles. The molecular weight excluding hydrogens is 302 g/mol. The molecule has 1 aliphatic rings. The van der Waals surface area contributed by atoms with Gasteiger partial charge >= 0.3 is 0 Å². The van der Waals surface area contributed by atoms with E-state index in [2.05, 4.69) is 56.3 Å².